The van der Waals surface area contributed by atoms with Gasteiger partial charge in [-0.25, -0.2) is 0 Å². The van der Waals surface area contributed by atoms with E-state index in [9.17, 15) is 0 Å². The van der Waals surface area contributed by atoms with Crippen LogP contribution in [-0.2, 0) is 6.54 Å². The number of fused-ring (bicyclic) bond motifs is 7. The fourth-order valence-electron chi connectivity index (χ4n) is 2.74. The van der Waals surface area contributed by atoms with E-state index in [0.29, 0.717) is 0 Å². The van der Waals surface area contributed by atoms with E-state index in [1.165, 1.54) is 35.9 Å². The number of rotatable bonds is 0. The zero-order valence-electron chi connectivity index (χ0n) is 9.83. The Labute approximate surface area is 116 Å². The molecule has 0 aliphatic carbocycles. The molecule has 0 fully saturated rings. The summed E-state index contributed by atoms with van der Waals surface area (Å²) in [7, 11) is 0. The number of hydrogen-bond donors (Lipinski definition) is 0. The Morgan fingerprint density at radius 3 is 3.16 bits per heavy atom. The van der Waals surface area contributed by atoms with Crippen molar-refractivity contribution in [3.8, 4) is 10.6 Å². The summed E-state index contributed by atoms with van der Waals surface area (Å²) in [6.07, 6.45) is 5.72. The van der Waals surface area contributed by atoms with E-state index in [-0.39, 0.29) is 0 Å². The minimum absolute atomic E-state index is 0.881. The third-order valence-electron chi connectivity index (χ3n) is 3.57. The molecule has 0 saturated carbocycles. The zero-order valence-corrected chi connectivity index (χ0v) is 11.5. The van der Waals surface area contributed by atoms with Crippen LogP contribution >= 0.6 is 22.7 Å². The fourth-order valence-corrected chi connectivity index (χ4v) is 5.37. The maximum atomic E-state index is 4.49. The van der Waals surface area contributed by atoms with Crippen LogP contribution in [0, 0.1) is 0 Å². The van der Waals surface area contributed by atoms with Crippen molar-refractivity contribution in [1.82, 2.24) is 9.97 Å². The minimum atomic E-state index is 0.881. The van der Waals surface area contributed by atoms with Crippen molar-refractivity contribution in [2.45, 2.75) is 6.54 Å². The molecule has 1 aliphatic heterocycles. The van der Waals surface area contributed by atoms with Crippen LogP contribution in [0.25, 0.3) is 30.2 Å². The Morgan fingerprint density at radius 1 is 1.16 bits per heavy atom. The van der Waals surface area contributed by atoms with Crippen LogP contribution < -0.4 is 4.57 Å². The highest BCUT2D eigenvalue weighted by atomic mass is 32.2. The highest BCUT2D eigenvalue weighted by Crippen LogP contribution is 2.41. The number of thiophene rings is 1. The van der Waals surface area contributed by atoms with Crippen LogP contribution in [0.4, 0.5) is 0 Å². The summed E-state index contributed by atoms with van der Waals surface area (Å²) in [6, 6.07) is 6.28. The molecule has 0 atom stereocenters. The summed E-state index contributed by atoms with van der Waals surface area (Å²) >= 11 is 3.73. The summed E-state index contributed by atoms with van der Waals surface area (Å²) in [5.74, 6) is 0. The van der Waals surface area contributed by atoms with Gasteiger partial charge >= 0.3 is 0 Å². The molecule has 0 saturated heterocycles. The molecule has 5 rings (SSSR count). The average molecular weight is 282 g/mol. The lowest BCUT2D eigenvalue weighted by Crippen LogP contribution is -2.30. The van der Waals surface area contributed by atoms with E-state index in [1.807, 2.05) is 47.3 Å². The van der Waals surface area contributed by atoms with Crippen LogP contribution in [0.3, 0.4) is 0 Å². The van der Waals surface area contributed by atoms with Gasteiger partial charge in [0.15, 0.2) is 10.6 Å². The molecule has 4 aromatic heterocycles. The van der Waals surface area contributed by atoms with E-state index in [2.05, 4.69) is 26.7 Å². The van der Waals surface area contributed by atoms with Crippen LogP contribution in [0.15, 0.2) is 36.8 Å². The lowest BCUT2D eigenvalue weighted by atomic mass is 10.2. The van der Waals surface area contributed by atoms with Crippen molar-refractivity contribution in [1.29, 1.82) is 0 Å². The Morgan fingerprint density at radius 2 is 2.16 bits per heavy atom. The molecular weight excluding hydrogens is 274 g/mol. The molecule has 90 valence electrons. The lowest BCUT2D eigenvalue weighted by Gasteiger charge is -1.88. The number of nitrogens with zero attached hydrogens (tertiary/aromatic N) is 3. The predicted octanol–water partition coefficient (Wildman–Crippen LogP) is 3.22. The number of hydrogen-bond acceptors (Lipinski definition) is 4. The molecule has 19 heavy (non-hydrogen) atoms. The first-order valence-corrected chi connectivity index (χ1v) is 7.68. The molecular formula is C14H8N3S2+. The Balaban J connectivity index is 1.94. The van der Waals surface area contributed by atoms with Crippen LogP contribution in [0.5, 0.6) is 0 Å². The van der Waals surface area contributed by atoms with Crippen molar-refractivity contribution in [2.75, 3.05) is 0 Å². The van der Waals surface area contributed by atoms with Gasteiger partial charge < -0.3 is 0 Å². The van der Waals surface area contributed by atoms with Gasteiger partial charge in [-0.15, -0.1) is 11.3 Å². The van der Waals surface area contributed by atoms with Gasteiger partial charge in [0.05, 0.1) is 10.9 Å². The summed E-state index contributed by atoms with van der Waals surface area (Å²) in [4.78, 5) is 8.76. The van der Waals surface area contributed by atoms with Crippen LogP contribution in [-0.4, -0.2) is 9.97 Å². The summed E-state index contributed by atoms with van der Waals surface area (Å²) in [5, 5.41) is 2.59. The van der Waals surface area contributed by atoms with Crippen molar-refractivity contribution in [3.05, 3.63) is 42.5 Å². The molecule has 4 aromatic rings. The molecule has 0 spiro atoms. The van der Waals surface area contributed by atoms with E-state index in [4.69, 9.17) is 0 Å². The monoisotopic (exact) mass is 282 g/mol. The van der Waals surface area contributed by atoms with Gasteiger partial charge in [-0.1, -0.05) is 11.3 Å². The topological polar surface area (TPSA) is 29.7 Å². The normalized spacial score (nSPS) is 13.1. The van der Waals surface area contributed by atoms with Crippen LogP contribution in [0.1, 0.15) is 5.69 Å². The SMILES string of the molecule is c1cnc2c(c1)-c1sc3sc4ccncc4c3[n+]1C2. The molecule has 1 aliphatic rings. The third-order valence-corrected chi connectivity index (χ3v) is 6.03. The molecule has 0 radical (unpaired) electrons. The maximum absolute atomic E-state index is 4.49. The van der Waals surface area contributed by atoms with E-state index < -0.39 is 0 Å². The van der Waals surface area contributed by atoms with Crippen molar-refractivity contribution >= 4 is 42.3 Å². The quantitative estimate of drug-likeness (QED) is 0.408. The number of aromatic nitrogens is 3. The smallest absolute Gasteiger partial charge is 0.264 e. The van der Waals surface area contributed by atoms with Gasteiger partial charge in [0, 0.05) is 23.3 Å². The maximum Gasteiger partial charge on any atom is 0.273 e. The number of thiazole rings is 1. The summed E-state index contributed by atoms with van der Waals surface area (Å²) in [5.41, 5.74) is 3.79. The standard InChI is InChI=1S/C14H8N3S2/c1-2-8-10(16-4-1)7-17-12-9-6-15-5-3-11(9)18-14(12)19-13(8)17/h1-6H,7H2/q+1. The van der Waals surface area contributed by atoms with Gasteiger partial charge in [0.1, 0.15) is 5.69 Å². The Bertz CT molecular complexity index is 952. The second kappa shape index (κ2) is 3.37. The third kappa shape index (κ3) is 1.19. The zero-order chi connectivity index (χ0) is 12.4. The van der Waals surface area contributed by atoms with Gasteiger partial charge in [-0.05, 0) is 18.2 Å². The fraction of sp³-hybridized carbons (Fsp3) is 0.0714. The van der Waals surface area contributed by atoms with Crippen molar-refractivity contribution in [3.63, 3.8) is 0 Å². The van der Waals surface area contributed by atoms with Crippen molar-refractivity contribution in [2.24, 2.45) is 0 Å². The summed E-state index contributed by atoms with van der Waals surface area (Å²) < 4.78 is 5.08. The molecule has 3 nitrogen and oxygen atoms in total. The molecule has 0 amide bonds. The van der Waals surface area contributed by atoms with E-state index in [0.717, 1.165) is 6.54 Å². The molecule has 0 aromatic carbocycles. The second-order valence-electron chi connectivity index (χ2n) is 4.60. The van der Waals surface area contributed by atoms with Gasteiger partial charge in [0.25, 0.3) is 5.01 Å². The average Bonchev–Trinajstić information content (AvgIpc) is 3.05. The van der Waals surface area contributed by atoms with Gasteiger partial charge in [0.2, 0.25) is 5.52 Å². The van der Waals surface area contributed by atoms with Crippen molar-refractivity contribution < 1.29 is 4.57 Å². The first kappa shape index (κ1) is 10.00. The van der Waals surface area contributed by atoms with E-state index in [1.54, 1.807) is 0 Å². The number of pyridine rings is 2. The lowest BCUT2D eigenvalue weighted by molar-refractivity contribution is -0.641. The predicted molar refractivity (Wildman–Crippen MR) is 77.5 cm³/mol. The van der Waals surface area contributed by atoms with E-state index >= 15 is 0 Å². The molecule has 5 heterocycles. The highest BCUT2D eigenvalue weighted by molar-refractivity contribution is 7.42. The van der Waals surface area contributed by atoms with Gasteiger partial charge in [-0.3, -0.25) is 9.97 Å². The molecule has 0 unspecified atom stereocenters. The first-order valence-electron chi connectivity index (χ1n) is 6.05. The molecule has 5 heteroatoms. The first-order chi connectivity index (χ1) is 9.42. The summed E-state index contributed by atoms with van der Waals surface area (Å²) in [6.45, 7) is 0.881. The molecule has 0 bridgehead atoms. The van der Waals surface area contributed by atoms with Crippen LogP contribution in [0.2, 0.25) is 0 Å². The Kier molecular flexibility index (Phi) is 1.78. The minimum Gasteiger partial charge on any atom is -0.264 e. The van der Waals surface area contributed by atoms with Gasteiger partial charge in [-0.2, -0.15) is 4.57 Å². The largest absolute Gasteiger partial charge is 0.273 e. The second-order valence-corrected chi connectivity index (χ2v) is 6.91. The Hall–Kier alpha value is -1.85. The molecule has 0 N–H and O–H groups in total. The highest BCUT2D eigenvalue weighted by Gasteiger charge is 2.34.